The lowest BCUT2D eigenvalue weighted by molar-refractivity contribution is -0.139. The molecule has 4 N–H and O–H groups in total. The summed E-state index contributed by atoms with van der Waals surface area (Å²) in [6.07, 6.45) is 1.07. The Morgan fingerprint density at radius 3 is 2.62 bits per heavy atom. The van der Waals surface area contributed by atoms with Crippen LogP contribution in [0.5, 0.6) is 0 Å². The van der Waals surface area contributed by atoms with Crippen molar-refractivity contribution in [1.29, 1.82) is 0 Å². The lowest BCUT2D eigenvalue weighted by Gasteiger charge is -2.14. The molecule has 0 bridgehead atoms. The van der Waals surface area contributed by atoms with Crippen LogP contribution in [0, 0.1) is 5.92 Å². The molecule has 1 fully saturated rings. The van der Waals surface area contributed by atoms with E-state index in [1.54, 1.807) is 0 Å². The number of carbonyl (C=O) groups excluding carboxylic acids is 2. The van der Waals surface area contributed by atoms with Crippen molar-refractivity contribution in [1.82, 2.24) is 10.6 Å². The van der Waals surface area contributed by atoms with Crippen LogP contribution < -0.4 is 16.4 Å². The van der Waals surface area contributed by atoms with Crippen molar-refractivity contribution in [3.63, 3.8) is 0 Å². The molecular formula is C10H19N3O3. The van der Waals surface area contributed by atoms with E-state index in [2.05, 4.69) is 10.6 Å². The van der Waals surface area contributed by atoms with E-state index in [1.165, 1.54) is 0 Å². The molecule has 2 atom stereocenters. The molecule has 16 heavy (non-hydrogen) atoms. The van der Waals surface area contributed by atoms with E-state index in [0.29, 0.717) is 25.6 Å². The highest BCUT2D eigenvalue weighted by molar-refractivity contribution is 6.35. The van der Waals surface area contributed by atoms with Crippen LogP contribution in [-0.2, 0) is 14.3 Å². The second-order valence-corrected chi connectivity index (χ2v) is 3.88. The largest absolute Gasteiger partial charge is 0.378 e. The summed E-state index contributed by atoms with van der Waals surface area (Å²) in [6.45, 7) is 3.82. The molecule has 0 aromatic heterocycles. The minimum atomic E-state index is -0.628. The third-order valence-corrected chi connectivity index (χ3v) is 2.69. The van der Waals surface area contributed by atoms with Crippen LogP contribution in [0.3, 0.4) is 0 Å². The van der Waals surface area contributed by atoms with Gasteiger partial charge in [-0.05, 0) is 13.3 Å². The summed E-state index contributed by atoms with van der Waals surface area (Å²) < 4.78 is 5.35. The van der Waals surface area contributed by atoms with Crippen molar-refractivity contribution < 1.29 is 14.3 Å². The van der Waals surface area contributed by atoms with Gasteiger partial charge in [0.2, 0.25) is 0 Å². The summed E-state index contributed by atoms with van der Waals surface area (Å²) >= 11 is 0. The fourth-order valence-corrected chi connectivity index (χ4v) is 1.61. The van der Waals surface area contributed by atoms with Gasteiger partial charge in [0.15, 0.2) is 0 Å². The van der Waals surface area contributed by atoms with Crippen LogP contribution >= 0.6 is 0 Å². The Hall–Kier alpha value is -1.14. The molecule has 6 nitrogen and oxygen atoms in total. The first-order valence-electron chi connectivity index (χ1n) is 5.53. The quantitative estimate of drug-likeness (QED) is 0.517. The van der Waals surface area contributed by atoms with E-state index in [9.17, 15) is 9.59 Å². The highest BCUT2D eigenvalue weighted by Gasteiger charge is 2.25. The zero-order chi connectivity index (χ0) is 12.0. The van der Waals surface area contributed by atoms with Crippen molar-refractivity contribution >= 4 is 11.8 Å². The van der Waals surface area contributed by atoms with Gasteiger partial charge in [-0.2, -0.15) is 0 Å². The van der Waals surface area contributed by atoms with Gasteiger partial charge in [-0.15, -0.1) is 0 Å². The first-order valence-corrected chi connectivity index (χ1v) is 5.53. The van der Waals surface area contributed by atoms with Gasteiger partial charge in [-0.1, -0.05) is 0 Å². The lowest BCUT2D eigenvalue weighted by atomic mass is 10.0. The molecule has 2 amide bonds. The number of nitrogens with one attached hydrogen (secondary N) is 2. The number of nitrogens with two attached hydrogens (primary N) is 1. The van der Waals surface area contributed by atoms with Crippen LogP contribution in [0.25, 0.3) is 0 Å². The molecule has 0 saturated carbocycles. The fourth-order valence-electron chi connectivity index (χ4n) is 1.61. The number of hydrogen-bond acceptors (Lipinski definition) is 4. The van der Waals surface area contributed by atoms with Crippen LogP contribution in [0.2, 0.25) is 0 Å². The van der Waals surface area contributed by atoms with Gasteiger partial charge >= 0.3 is 11.8 Å². The first kappa shape index (κ1) is 12.9. The maximum Gasteiger partial charge on any atom is 0.309 e. The number of amides is 2. The van der Waals surface area contributed by atoms with E-state index < -0.39 is 11.8 Å². The number of rotatable bonds is 4. The second kappa shape index (κ2) is 6.44. The lowest BCUT2D eigenvalue weighted by Crippen LogP contribution is -2.43. The molecule has 1 aliphatic heterocycles. The highest BCUT2D eigenvalue weighted by Crippen LogP contribution is 2.18. The summed E-state index contributed by atoms with van der Waals surface area (Å²) in [7, 11) is 0. The summed E-state index contributed by atoms with van der Waals surface area (Å²) in [4.78, 5) is 22.5. The van der Waals surface area contributed by atoms with Gasteiger partial charge in [0, 0.05) is 32.2 Å². The molecule has 1 aliphatic rings. The predicted molar refractivity (Wildman–Crippen MR) is 58.6 cm³/mol. The van der Waals surface area contributed by atoms with E-state index in [-0.39, 0.29) is 6.10 Å². The van der Waals surface area contributed by atoms with Gasteiger partial charge in [0.25, 0.3) is 0 Å². The van der Waals surface area contributed by atoms with Crippen molar-refractivity contribution in [2.45, 2.75) is 19.4 Å². The summed E-state index contributed by atoms with van der Waals surface area (Å²) in [5.74, 6) is -0.934. The molecular weight excluding hydrogens is 210 g/mol. The fraction of sp³-hybridized carbons (Fsp3) is 0.800. The number of hydrogen-bond donors (Lipinski definition) is 3. The van der Waals surface area contributed by atoms with Gasteiger partial charge < -0.3 is 21.1 Å². The smallest absolute Gasteiger partial charge is 0.309 e. The molecule has 1 saturated heterocycles. The Morgan fingerprint density at radius 2 is 2.06 bits per heavy atom. The molecule has 6 heteroatoms. The minimum absolute atomic E-state index is 0.146. The molecule has 2 unspecified atom stereocenters. The molecule has 0 aromatic rings. The maximum atomic E-state index is 11.3. The zero-order valence-corrected chi connectivity index (χ0v) is 9.49. The van der Waals surface area contributed by atoms with Gasteiger partial charge in [-0.25, -0.2) is 0 Å². The molecule has 1 rings (SSSR count). The van der Waals surface area contributed by atoms with Gasteiger partial charge in [-0.3, -0.25) is 9.59 Å². The van der Waals surface area contributed by atoms with Crippen LogP contribution in [0.15, 0.2) is 0 Å². The molecule has 0 spiro atoms. The highest BCUT2D eigenvalue weighted by atomic mass is 16.5. The Bertz CT molecular complexity index is 258. The molecule has 92 valence electrons. The maximum absolute atomic E-state index is 11.3. The number of carbonyl (C=O) groups is 2. The average Bonchev–Trinajstić information content (AvgIpc) is 2.68. The summed E-state index contributed by atoms with van der Waals surface area (Å²) in [5, 5.41) is 5.00. The topological polar surface area (TPSA) is 93.4 Å². The summed E-state index contributed by atoms with van der Waals surface area (Å²) in [5.41, 5.74) is 5.21. The normalized spacial score (nSPS) is 24.1. The molecule has 1 heterocycles. The van der Waals surface area contributed by atoms with E-state index in [1.807, 2.05) is 6.92 Å². The monoisotopic (exact) mass is 229 g/mol. The Balaban J connectivity index is 2.21. The third kappa shape index (κ3) is 3.79. The third-order valence-electron chi connectivity index (χ3n) is 2.69. The van der Waals surface area contributed by atoms with E-state index in [4.69, 9.17) is 10.5 Å². The Morgan fingerprint density at radius 1 is 1.38 bits per heavy atom. The first-order chi connectivity index (χ1) is 7.65. The van der Waals surface area contributed by atoms with Crippen LogP contribution in [0.4, 0.5) is 0 Å². The Labute approximate surface area is 94.9 Å². The molecule has 0 radical (unpaired) electrons. The Kier molecular flexibility index (Phi) is 5.21. The number of ether oxygens (including phenoxy) is 1. The standard InChI is InChI=1S/C10H19N3O3/c1-7-8(2-5-16-7)6-13-10(15)9(14)12-4-3-11/h7-8H,2-6,11H2,1H3,(H,12,14)(H,13,15). The van der Waals surface area contributed by atoms with Crippen LogP contribution in [-0.4, -0.2) is 44.2 Å². The molecule has 0 aromatic carbocycles. The van der Waals surface area contributed by atoms with Gasteiger partial charge in [0.1, 0.15) is 0 Å². The van der Waals surface area contributed by atoms with Crippen molar-refractivity contribution in [3.05, 3.63) is 0 Å². The SMILES string of the molecule is CC1OCCC1CNC(=O)C(=O)NCCN. The minimum Gasteiger partial charge on any atom is -0.378 e. The van der Waals surface area contributed by atoms with Gasteiger partial charge in [0.05, 0.1) is 6.10 Å². The van der Waals surface area contributed by atoms with E-state index in [0.717, 1.165) is 13.0 Å². The zero-order valence-electron chi connectivity index (χ0n) is 9.49. The summed E-state index contributed by atoms with van der Waals surface area (Å²) in [6, 6.07) is 0. The van der Waals surface area contributed by atoms with Crippen LogP contribution in [0.1, 0.15) is 13.3 Å². The molecule has 0 aliphatic carbocycles. The van der Waals surface area contributed by atoms with Crippen molar-refractivity contribution in [3.8, 4) is 0 Å². The average molecular weight is 229 g/mol. The predicted octanol–water partition coefficient (Wildman–Crippen LogP) is -1.40. The second-order valence-electron chi connectivity index (χ2n) is 3.88. The van der Waals surface area contributed by atoms with Crippen molar-refractivity contribution in [2.24, 2.45) is 11.7 Å². The van der Waals surface area contributed by atoms with E-state index >= 15 is 0 Å². The van der Waals surface area contributed by atoms with Crippen molar-refractivity contribution in [2.75, 3.05) is 26.2 Å².